The number of carboxylic acid groups (broad SMARTS) is 1. The zero-order valence-electron chi connectivity index (χ0n) is 5.22. The summed E-state index contributed by atoms with van der Waals surface area (Å²) in [4.78, 5) is 9.89. The highest BCUT2D eigenvalue weighted by Gasteiger charge is 2.57. The van der Waals surface area contributed by atoms with Crippen LogP contribution in [0.4, 0.5) is 13.2 Å². The predicted molar refractivity (Wildman–Crippen MR) is 27.7 cm³/mol. The van der Waals surface area contributed by atoms with Crippen molar-refractivity contribution >= 4 is 5.97 Å². The van der Waals surface area contributed by atoms with E-state index in [1.807, 2.05) is 0 Å². The first-order valence-electron chi connectivity index (χ1n) is 2.45. The third-order valence-electron chi connectivity index (χ3n) is 1.14. The number of nitrogens with two attached hydrogens (primary N) is 1. The zero-order chi connectivity index (χ0) is 9.28. The molecule has 0 spiro atoms. The largest absolute Gasteiger partial charge is 0.480 e. The summed E-state index contributed by atoms with van der Waals surface area (Å²) in [5, 5.41) is 16.0. The smallest absolute Gasteiger partial charge is 0.419 e. The summed E-state index contributed by atoms with van der Waals surface area (Å²) in [6.07, 6.45) is -5.15. The first-order chi connectivity index (χ1) is 4.75. The molecule has 0 aliphatic rings. The molecule has 66 valence electrons. The van der Waals surface area contributed by atoms with Crippen LogP contribution in [0.25, 0.3) is 0 Å². The van der Waals surface area contributed by atoms with E-state index in [4.69, 9.17) is 10.2 Å². The summed E-state index contributed by atoms with van der Waals surface area (Å²) in [6, 6.07) is 0. The molecule has 0 rings (SSSR count). The van der Waals surface area contributed by atoms with Crippen molar-refractivity contribution in [2.45, 2.75) is 11.7 Å². The maximum Gasteiger partial charge on any atom is 0.419 e. The molecule has 0 aromatic carbocycles. The quantitative estimate of drug-likeness (QED) is 0.516. The van der Waals surface area contributed by atoms with E-state index in [9.17, 15) is 18.0 Å². The lowest BCUT2D eigenvalue weighted by Gasteiger charge is -2.24. The van der Waals surface area contributed by atoms with Gasteiger partial charge >= 0.3 is 12.1 Å². The van der Waals surface area contributed by atoms with Crippen molar-refractivity contribution in [1.82, 2.24) is 0 Å². The molecule has 0 heterocycles. The molecule has 0 radical (unpaired) electrons. The van der Waals surface area contributed by atoms with Crippen LogP contribution in [0.1, 0.15) is 0 Å². The van der Waals surface area contributed by atoms with Crippen molar-refractivity contribution in [3.63, 3.8) is 0 Å². The molecular formula is C4H6F3NO3. The molecule has 0 saturated heterocycles. The van der Waals surface area contributed by atoms with Gasteiger partial charge in [-0.05, 0) is 0 Å². The van der Waals surface area contributed by atoms with Gasteiger partial charge in [-0.15, -0.1) is 0 Å². The number of carboxylic acids is 1. The highest BCUT2D eigenvalue weighted by Crippen LogP contribution is 2.27. The van der Waals surface area contributed by atoms with Crippen LogP contribution in [0.3, 0.4) is 0 Å². The average molecular weight is 173 g/mol. The minimum Gasteiger partial charge on any atom is -0.480 e. The predicted octanol–water partition coefficient (Wildman–Crippen LogP) is -0.677. The number of carbonyl (C=O) groups is 1. The zero-order valence-corrected chi connectivity index (χ0v) is 5.22. The van der Waals surface area contributed by atoms with Gasteiger partial charge in [-0.2, -0.15) is 13.2 Å². The van der Waals surface area contributed by atoms with Crippen molar-refractivity contribution in [1.29, 1.82) is 0 Å². The lowest BCUT2D eigenvalue weighted by molar-refractivity contribution is -0.208. The Kier molecular flexibility index (Phi) is 2.47. The highest BCUT2D eigenvalue weighted by atomic mass is 19.4. The first kappa shape index (κ1) is 10.2. The van der Waals surface area contributed by atoms with E-state index < -0.39 is 24.3 Å². The fraction of sp³-hybridized carbons (Fsp3) is 0.750. The Hall–Kier alpha value is -0.820. The summed E-state index contributed by atoms with van der Waals surface area (Å²) in [5.41, 5.74) is 0.794. The summed E-state index contributed by atoms with van der Waals surface area (Å²) < 4.78 is 35.1. The summed E-state index contributed by atoms with van der Waals surface area (Å²) in [5.74, 6) is -2.30. The van der Waals surface area contributed by atoms with Gasteiger partial charge in [-0.25, -0.2) is 4.79 Å². The molecule has 0 fully saturated rings. The number of alkyl halides is 3. The molecule has 0 aliphatic carbocycles. The second-order valence-corrected chi connectivity index (χ2v) is 1.93. The van der Waals surface area contributed by atoms with Gasteiger partial charge in [0.05, 0.1) is 6.61 Å². The molecule has 0 aliphatic heterocycles. The molecule has 4 nitrogen and oxygen atoms in total. The van der Waals surface area contributed by atoms with E-state index in [1.165, 1.54) is 0 Å². The standard InChI is InChI=1S/C4H6F3NO3/c5-4(6,7)3(8,1-9)2(10)11/h9H,1,8H2,(H,10,11)/t3-/m0/s1. The molecule has 0 amide bonds. The third-order valence-corrected chi connectivity index (χ3v) is 1.14. The van der Waals surface area contributed by atoms with Crippen LogP contribution >= 0.6 is 0 Å². The summed E-state index contributed by atoms with van der Waals surface area (Å²) >= 11 is 0. The molecule has 0 aromatic rings. The number of rotatable bonds is 2. The van der Waals surface area contributed by atoms with Gasteiger partial charge in [-0.1, -0.05) is 0 Å². The fourth-order valence-electron chi connectivity index (χ4n) is 0.279. The minimum absolute atomic E-state index is 1.67. The number of aliphatic carboxylic acids is 1. The lowest BCUT2D eigenvalue weighted by Crippen LogP contribution is -2.62. The van der Waals surface area contributed by atoms with Gasteiger partial charge in [0.15, 0.2) is 0 Å². The van der Waals surface area contributed by atoms with Crippen molar-refractivity contribution in [2.24, 2.45) is 5.73 Å². The van der Waals surface area contributed by atoms with Crippen LogP contribution < -0.4 is 5.73 Å². The second kappa shape index (κ2) is 2.67. The van der Waals surface area contributed by atoms with E-state index in [1.54, 1.807) is 0 Å². The molecule has 1 atom stereocenters. The van der Waals surface area contributed by atoms with Crippen LogP contribution in [0.2, 0.25) is 0 Å². The number of halogens is 3. The second-order valence-electron chi connectivity index (χ2n) is 1.93. The number of hydrogen-bond donors (Lipinski definition) is 3. The SMILES string of the molecule is N[C@@](CO)(C(=O)O)C(F)(F)F. The normalized spacial score (nSPS) is 17.5. The third kappa shape index (κ3) is 1.60. The molecular weight excluding hydrogens is 167 g/mol. The van der Waals surface area contributed by atoms with E-state index in [-0.39, 0.29) is 0 Å². The Morgan fingerprint density at radius 3 is 1.82 bits per heavy atom. The van der Waals surface area contributed by atoms with Crippen LogP contribution in [0, 0.1) is 0 Å². The minimum atomic E-state index is -5.15. The van der Waals surface area contributed by atoms with Crippen LogP contribution in [0.5, 0.6) is 0 Å². The Bertz CT molecular complexity index is 168. The van der Waals surface area contributed by atoms with Crippen LogP contribution in [-0.4, -0.2) is 34.5 Å². The molecule has 0 saturated carbocycles. The van der Waals surface area contributed by atoms with Gasteiger partial charge in [-0.3, -0.25) is 0 Å². The lowest BCUT2D eigenvalue weighted by atomic mass is 10.0. The Morgan fingerprint density at radius 2 is 1.82 bits per heavy atom. The van der Waals surface area contributed by atoms with E-state index in [0.29, 0.717) is 0 Å². The van der Waals surface area contributed by atoms with Gasteiger partial charge < -0.3 is 15.9 Å². The topological polar surface area (TPSA) is 83.5 Å². The van der Waals surface area contributed by atoms with Gasteiger partial charge in [0.1, 0.15) is 0 Å². The van der Waals surface area contributed by atoms with Crippen molar-refractivity contribution < 1.29 is 28.2 Å². The maximum absolute atomic E-state index is 11.7. The summed E-state index contributed by atoms with van der Waals surface area (Å²) in [6.45, 7) is -1.67. The van der Waals surface area contributed by atoms with Gasteiger partial charge in [0.25, 0.3) is 0 Å². The van der Waals surface area contributed by atoms with Gasteiger partial charge in [0.2, 0.25) is 5.54 Å². The van der Waals surface area contributed by atoms with Gasteiger partial charge in [0, 0.05) is 0 Å². The van der Waals surface area contributed by atoms with Crippen LogP contribution in [0.15, 0.2) is 0 Å². The van der Waals surface area contributed by atoms with E-state index >= 15 is 0 Å². The fourth-order valence-corrected chi connectivity index (χ4v) is 0.279. The van der Waals surface area contributed by atoms with Crippen molar-refractivity contribution in [3.8, 4) is 0 Å². The number of aliphatic hydroxyl groups excluding tert-OH is 1. The Morgan fingerprint density at radius 1 is 1.45 bits per heavy atom. The molecule has 0 unspecified atom stereocenters. The molecule has 4 N–H and O–H groups in total. The first-order valence-corrected chi connectivity index (χ1v) is 2.45. The highest BCUT2D eigenvalue weighted by molar-refractivity contribution is 5.79. The summed E-state index contributed by atoms with van der Waals surface area (Å²) in [7, 11) is 0. The Balaban J connectivity index is 4.75. The molecule has 11 heavy (non-hydrogen) atoms. The number of aliphatic hydroxyl groups is 1. The van der Waals surface area contributed by atoms with Crippen LogP contribution in [-0.2, 0) is 4.79 Å². The molecule has 0 aromatic heterocycles. The number of hydrogen-bond acceptors (Lipinski definition) is 3. The van der Waals surface area contributed by atoms with Crippen molar-refractivity contribution in [3.05, 3.63) is 0 Å². The van der Waals surface area contributed by atoms with Crippen molar-refractivity contribution in [2.75, 3.05) is 6.61 Å². The monoisotopic (exact) mass is 173 g/mol. The maximum atomic E-state index is 11.7. The van der Waals surface area contributed by atoms with E-state index in [0.717, 1.165) is 0 Å². The molecule has 0 bridgehead atoms. The Labute approximate surface area is 59.4 Å². The molecule has 7 heteroatoms. The van der Waals surface area contributed by atoms with E-state index in [2.05, 4.69) is 5.73 Å². The average Bonchev–Trinajstić information content (AvgIpc) is 1.83.